The monoisotopic (exact) mass is 313 g/mol. The molecule has 2 rings (SSSR count). The molecule has 0 aliphatic heterocycles. The Labute approximate surface area is 137 Å². The minimum absolute atomic E-state index is 0.201. The molecule has 23 heavy (non-hydrogen) atoms. The average molecular weight is 313 g/mol. The van der Waals surface area contributed by atoms with E-state index >= 15 is 0 Å². The highest BCUT2D eigenvalue weighted by Crippen LogP contribution is 2.26. The number of anilines is 1. The molecule has 0 fully saturated rings. The molecule has 1 N–H and O–H groups in total. The zero-order valence-electron chi connectivity index (χ0n) is 14.6. The largest absolute Gasteiger partial charge is 0.464 e. The summed E-state index contributed by atoms with van der Waals surface area (Å²) in [5, 5.41) is 11.2. The average Bonchev–Trinajstić information content (AvgIpc) is 2.58. The molecule has 2 aromatic rings. The third-order valence-electron chi connectivity index (χ3n) is 4.66. The summed E-state index contributed by atoms with van der Waals surface area (Å²) in [6.07, 6.45) is 0. The molecule has 0 unspecified atom stereocenters. The van der Waals surface area contributed by atoms with Gasteiger partial charge in [0.25, 0.3) is 0 Å². The number of nitrogens with one attached hydrogen (secondary N) is 1. The number of carbonyl (C=O) groups is 1. The first-order valence-electron chi connectivity index (χ1n) is 7.58. The molecule has 1 heterocycles. The summed E-state index contributed by atoms with van der Waals surface area (Å²) in [6, 6.07) is 3.34. The van der Waals surface area contributed by atoms with Crippen molar-refractivity contribution in [3.8, 4) is 0 Å². The maximum Gasteiger partial charge on any atom is 0.358 e. The van der Waals surface area contributed by atoms with E-state index in [1.807, 2.05) is 0 Å². The van der Waals surface area contributed by atoms with E-state index in [0.717, 1.165) is 0 Å². The first-order chi connectivity index (χ1) is 10.9. The van der Waals surface area contributed by atoms with Gasteiger partial charge in [-0.3, -0.25) is 0 Å². The fourth-order valence-corrected chi connectivity index (χ4v) is 2.66. The first-order valence-corrected chi connectivity index (χ1v) is 7.58. The van der Waals surface area contributed by atoms with Crippen molar-refractivity contribution in [2.75, 3.05) is 12.4 Å². The molecule has 0 spiro atoms. The fourth-order valence-electron chi connectivity index (χ4n) is 2.66. The van der Waals surface area contributed by atoms with Gasteiger partial charge in [0.2, 0.25) is 0 Å². The lowest BCUT2D eigenvalue weighted by Gasteiger charge is -2.19. The third kappa shape index (κ3) is 3.33. The van der Waals surface area contributed by atoms with Crippen LogP contribution in [0.3, 0.4) is 0 Å². The molecule has 0 bridgehead atoms. The molecule has 0 atom stereocenters. The Hall–Kier alpha value is -2.43. The fraction of sp³-hybridized carbons (Fsp3) is 0.389. The molecule has 0 amide bonds. The van der Waals surface area contributed by atoms with Crippen LogP contribution in [0.1, 0.15) is 43.9 Å². The van der Waals surface area contributed by atoms with E-state index in [1.54, 1.807) is 12.1 Å². The minimum Gasteiger partial charge on any atom is -0.464 e. The summed E-state index contributed by atoms with van der Waals surface area (Å²) in [6.45, 7) is 11.5. The second kappa shape index (κ2) is 6.77. The lowest BCUT2D eigenvalue weighted by molar-refractivity contribution is 0.0593. The lowest BCUT2D eigenvalue weighted by Crippen LogP contribution is -2.10. The summed E-state index contributed by atoms with van der Waals surface area (Å²) >= 11 is 0. The highest BCUT2D eigenvalue weighted by molar-refractivity contribution is 5.86. The molecular weight excluding hydrogens is 290 g/mol. The van der Waals surface area contributed by atoms with Crippen molar-refractivity contribution in [3.63, 3.8) is 0 Å². The van der Waals surface area contributed by atoms with Crippen molar-refractivity contribution >= 4 is 11.8 Å². The minimum atomic E-state index is -0.486. The number of aromatic nitrogens is 2. The van der Waals surface area contributed by atoms with Gasteiger partial charge in [0.1, 0.15) is 5.82 Å². The molecule has 1 aromatic heterocycles. The number of benzene rings is 1. The molecule has 0 saturated carbocycles. The van der Waals surface area contributed by atoms with E-state index in [0.29, 0.717) is 12.4 Å². The zero-order valence-corrected chi connectivity index (χ0v) is 14.6. The molecule has 0 aliphatic rings. The van der Waals surface area contributed by atoms with Gasteiger partial charge in [0.05, 0.1) is 7.11 Å². The van der Waals surface area contributed by atoms with Crippen LogP contribution in [-0.2, 0) is 11.3 Å². The van der Waals surface area contributed by atoms with E-state index in [1.165, 1.54) is 40.5 Å². The number of nitrogens with zero attached hydrogens (tertiary/aromatic N) is 2. The van der Waals surface area contributed by atoms with Gasteiger partial charge in [-0.25, -0.2) is 4.79 Å². The number of hydrogen-bond donors (Lipinski definition) is 1. The van der Waals surface area contributed by atoms with Gasteiger partial charge in [0, 0.05) is 6.54 Å². The number of rotatable bonds is 4. The Balaban J connectivity index is 2.20. The zero-order chi connectivity index (χ0) is 17.1. The van der Waals surface area contributed by atoms with Crippen LogP contribution >= 0.6 is 0 Å². The Bertz CT molecular complexity index is 708. The van der Waals surface area contributed by atoms with Crippen LogP contribution in [0.4, 0.5) is 5.82 Å². The predicted octanol–water partition coefficient (Wildman–Crippen LogP) is 3.42. The van der Waals surface area contributed by atoms with Crippen LogP contribution < -0.4 is 5.32 Å². The molecule has 1 aromatic carbocycles. The van der Waals surface area contributed by atoms with E-state index in [4.69, 9.17) is 0 Å². The summed E-state index contributed by atoms with van der Waals surface area (Å²) in [4.78, 5) is 11.4. The number of methoxy groups -OCH3 is 1. The number of carbonyl (C=O) groups excluding carboxylic acids is 1. The quantitative estimate of drug-likeness (QED) is 0.876. The predicted molar refractivity (Wildman–Crippen MR) is 90.8 cm³/mol. The van der Waals surface area contributed by atoms with Gasteiger partial charge in [-0.15, -0.1) is 10.2 Å². The van der Waals surface area contributed by atoms with Gasteiger partial charge in [-0.05, 0) is 80.1 Å². The standard InChI is InChI=1S/C18H23N3O2/c1-10-11(2)13(4)15(14(5)12(10)3)9-19-17-8-7-16(20-21-17)18(22)23-6/h7-8H,9H2,1-6H3,(H,19,21). The van der Waals surface area contributed by atoms with Crippen molar-refractivity contribution in [2.45, 2.75) is 41.2 Å². The van der Waals surface area contributed by atoms with Crippen LogP contribution in [0, 0.1) is 34.6 Å². The lowest BCUT2D eigenvalue weighted by atomic mass is 9.89. The number of ether oxygens (including phenoxy) is 1. The second-order valence-corrected chi connectivity index (χ2v) is 5.75. The normalized spacial score (nSPS) is 10.5. The van der Waals surface area contributed by atoms with Crippen molar-refractivity contribution in [2.24, 2.45) is 0 Å². The summed E-state index contributed by atoms with van der Waals surface area (Å²) in [7, 11) is 1.32. The van der Waals surface area contributed by atoms with Crippen LogP contribution in [0.15, 0.2) is 12.1 Å². The number of hydrogen-bond acceptors (Lipinski definition) is 5. The van der Waals surface area contributed by atoms with Crippen molar-refractivity contribution in [3.05, 3.63) is 51.2 Å². The van der Waals surface area contributed by atoms with Crippen molar-refractivity contribution in [1.82, 2.24) is 10.2 Å². The van der Waals surface area contributed by atoms with Gasteiger partial charge in [-0.1, -0.05) is 0 Å². The Morgan fingerprint density at radius 3 is 2.00 bits per heavy atom. The van der Waals surface area contributed by atoms with Crippen molar-refractivity contribution < 1.29 is 9.53 Å². The molecule has 122 valence electrons. The maximum absolute atomic E-state index is 11.4. The van der Waals surface area contributed by atoms with E-state index in [9.17, 15) is 4.79 Å². The summed E-state index contributed by atoms with van der Waals surface area (Å²) < 4.78 is 4.61. The second-order valence-electron chi connectivity index (χ2n) is 5.75. The van der Waals surface area contributed by atoms with Gasteiger partial charge < -0.3 is 10.1 Å². The first kappa shape index (κ1) is 16.9. The third-order valence-corrected chi connectivity index (χ3v) is 4.66. The van der Waals surface area contributed by atoms with Gasteiger partial charge >= 0.3 is 5.97 Å². The van der Waals surface area contributed by atoms with Gasteiger partial charge in [-0.2, -0.15) is 0 Å². The molecule has 0 radical (unpaired) electrons. The van der Waals surface area contributed by atoms with E-state index in [-0.39, 0.29) is 5.69 Å². The highest BCUT2D eigenvalue weighted by atomic mass is 16.5. The smallest absolute Gasteiger partial charge is 0.358 e. The van der Waals surface area contributed by atoms with E-state index < -0.39 is 5.97 Å². The molecule has 5 nitrogen and oxygen atoms in total. The van der Waals surface area contributed by atoms with E-state index in [2.05, 4.69) is 54.9 Å². The SMILES string of the molecule is COC(=O)c1ccc(NCc2c(C)c(C)c(C)c(C)c2C)nn1. The summed E-state index contributed by atoms with van der Waals surface area (Å²) in [5.41, 5.74) is 8.10. The Morgan fingerprint density at radius 1 is 0.957 bits per heavy atom. The van der Waals surface area contributed by atoms with Crippen LogP contribution in [0.25, 0.3) is 0 Å². The van der Waals surface area contributed by atoms with Gasteiger partial charge in [0.15, 0.2) is 5.69 Å². The van der Waals surface area contributed by atoms with Crippen LogP contribution in [0.2, 0.25) is 0 Å². The highest BCUT2D eigenvalue weighted by Gasteiger charge is 2.12. The maximum atomic E-state index is 11.4. The van der Waals surface area contributed by atoms with Crippen molar-refractivity contribution in [1.29, 1.82) is 0 Å². The van der Waals surface area contributed by atoms with Crippen LogP contribution in [-0.4, -0.2) is 23.3 Å². The summed E-state index contributed by atoms with van der Waals surface area (Å²) in [5.74, 6) is 0.146. The Morgan fingerprint density at radius 2 is 1.52 bits per heavy atom. The topological polar surface area (TPSA) is 64.1 Å². The number of esters is 1. The van der Waals surface area contributed by atoms with Crippen LogP contribution in [0.5, 0.6) is 0 Å². The molecule has 0 aliphatic carbocycles. The molecule has 0 saturated heterocycles. The molecular formula is C18H23N3O2. The Kier molecular flexibility index (Phi) is 4.98. The molecule has 5 heteroatoms.